The van der Waals surface area contributed by atoms with Gasteiger partial charge in [0.25, 0.3) is 5.91 Å². The Balaban J connectivity index is 2.06. The molecular weight excluding hydrogens is 296 g/mol. The van der Waals surface area contributed by atoms with E-state index in [-0.39, 0.29) is 11.6 Å². The fraction of sp³-hybridized carbons (Fsp3) is 0.188. The fourth-order valence-electron chi connectivity index (χ4n) is 2.02. The molecule has 0 aliphatic carbocycles. The number of amides is 1. The van der Waals surface area contributed by atoms with Gasteiger partial charge in [0.1, 0.15) is 11.6 Å². The molecule has 1 N–H and O–H groups in total. The van der Waals surface area contributed by atoms with Gasteiger partial charge in [-0.05, 0) is 43.2 Å². The Hall–Kier alpha value is -1.94. The molecule has 5 heteroatoms. The Labute approximate surface area is 126 Å². The summed E-state index contributed by atoms with van der Waals surface area (Å²) in [6.07, 6.45) is 0.502. The lowest BCUT2D eigenvalue weighted by Gasteiger charge is -2.15. The Kier molecular flexibility index (Phi) is 4.91. The number of rotatable bonds is 4. The SMILES string of the molecule is C[C@@H](Cc1ccccc1Cl)NC(=O)c1cc(F)ccc1F. The number of hydrogen-bond donors (Lipinski definition) is 1. The molecule has 0 saturated heterocycles. The van der Waals surface area contributed by atoms with Crippen LogP contribution in [0.1, 0.15) is 22.8 Å². The third kappa shape index (κ3) is 4.02. The van der Waals surface area contributed by atoms with Crippen molar-refractivity contribution in [2.24, 2.45) is 0 Å². The van der Waals surface area contributed by atoms with Crippen LogP contribution in [-0.4, -0.2) is 11.9 Å². The van der Waals surface area contributed by atoms with E-state index in [1.54, 1.807) is 13.0 Å². The second kappa shape index (κ2) is 6.68. The Morgan fingerprint density at radius 2 is 1.95 bits per heavy atom. The van der Waals surface area contributed by atoms with Crippen molar-refractivity contribution in [3.8, 4) is 0 Å². The number of carbonyl (C=O) groups excluding carboxylic acids is 1. The van der Waals surface area contributed by atoms with Crippen molar-refractivity contribution < 1.29 is 13.6 Å². The highest BCUT2D eigenvalue weighted by Gasteiger charge is 2.15. The van der Waals surface area contributed by atoms with Crippen LogP contribution in [0.25, 0.3) is 0 Å². The number of nitrogens with one attached hydrogen (secondary N) is 1. The zero-order valence-corrected chi connectivity index (χ0v) is 12.1. The minimum atomic E-state index is -0.751. The molecule has 0 aliphatic heterocycles. The molecule has 1 atom stereocenters. The Morgan fingerprint density at radius 1 is 1.24 bits per heavy atom. The van der Waals surface area contributed by atoms with Gasteiger partial charge in [0.05, 0.1) is 5.56 Å². The lowest BCUT2D eigenvalue weighted by molar-refractivity contribution is 0.0935. The quantitative estimate of drug-likeness (QED) is 0.909. The summed E-state index contributed by atoms with van der Waals surface area (Å²) in [5.74, 6) is -2.05. The first-order valence-corrected chi connectivity index (χ1v) is 6.84. The number of halogens is 3. The van der Waals surface area contributed by atoms with Gasteiger partial charge in [0.2, 0.25) is 0 Å². The summed E-state index contributed by atoms with van der Waals surface area (Å²) in [7, 11) is 0. The van der Waals surface area contributed by atoms with Gasteiger partial charge < -0.3 is 5.32 Å². The molecule has 0 radical (unpaired) electrons. The average Bonchev–Trinajstić information content (AvgIpc) is 2.44. The van der Waals surface area contributed by atoms with E-state index < -0.39 is 17.5 Å². The smallest absolute Gasteiger partial charge is 0.254 e. The van der Waals surface area contributed by atoms with Gasteiger partial charge in [-0.1, -0.05) is 29.8 Å². The van der Waals surface area contributed by atoms with Crippen LogP contribution >= 0.6 is 11.6 Å². The fourth-order valence-corrected chi connectivity index (χ4v) is 2.23. The summed E-state index contributed by atoms with van der Waals surface area (Å²) in [4.78, 5) is 12.0. The number of carbonyl (C=O) groups is 1. The van der Waals surface area contributed by atoms with Crippen LogP contribution in [0.15, 0.2) is 42.5 Å². The molecule has 0 saturated carbocycles. The molecular formula is C16H14ClF2NO. The van der Waals surface area contributed by atoms with Crippen LogP contribution in [0.4, 0.5) is 8.78 Å². The highest BCUT2D eigenvalue weighted by molar-refractivity contribution is 6.31. The van der Waals surface area contributed by atoms with Crippen molar-refractivity contribution in [2.45, 2.75) is 19.4 Å². The van der Waals surface area contributed by atoms with E-state index in [0.29, 0.717) is 11.4 Å². The molecule has 2 rings (SSSR count). The van der Waals surface area contributed by atoms with E-state index in [1.165, 1.54) is 0 Å². The minimum absolute atomic E-state index is 0.264. The average molecular weight is 310 g/mol. The molecule has 0 spiro atoms. The summed E-state index contributed by atoms with van der Waals surface area (Å²) >= 11 is 6.05. The molecule has 0 aromatic heterocycles. The molecule has 0 aliphatic rings. The summed E-state index contributed by atoms with van der Waals surface area (Å²) < 4.78 is 26.6. The first-order chi connectivity index (χ1) is 9.97. The number of hydrogen-bond acceptors (Lipinski definition) is 1. The number of benzene rings is 2. The van der Waals surface area contributed by atoms with Gasteiger partial charge in [0.15, 0.2) is 0 Å². The van der Waals surface area contributed by atoms with Gasteiger partial charge in [-0.3, -0.25) is 4.79 Å². The van der Waals surface area contributed by atoms with Crippen LogP contribution < -0.4 is 5.32 Å². The van der Waals surface area contributed by atoms with Crippen molar-refractivity contribution in [1.29, 1.82) is 0 Å². The summed E-state index contributed by atoms with van der Waals surface area (Å²) in [5.41, 5.74) is 0.577. The summed E-state index contributed by atoms with van der Waals surface area (Å²) in [5, 5.41) is 3.24. The highest BCUT2D eigenvalue weighted by Crippen LogP contribution is 2.17. The Bertz CT molecular complexity index is 660. The maximum Gasteiger partial charge on any atom is 0.254 e. The molecule has 21 heavy (non-hydrogen) atoms. The van der Waals surface area contributed by atoms with E-state index in [0.717, 1.165) is 23.8 Å². The molecule has 1 amide bonds. The zero-order valence-electron chi connectivity index (χ0n) is 11.4. The molecule has 0 unspecified atom stereocenters. The topological polar surface area (TPSA) is 29.1 Å². The molecule has 2 aromatic carbocycles. The third-order valence-electron chi connectivity index (χ3n) is 3.03. The van der Waals surface area contributed by atoms with Crippen LogP contribution in [-0.2, 0) is 6.42 Å². The van der Waals surface area contributed by atoms with Crippen molar-refractivity contribution in [3.63, 3.8) is 0 Å². The Morgan fingerprint density at radius 3 is 2.67 bits per heavy atom. The first-order valence-electron chi connectivity index (χ1n) is 6.46. The van der Waals surface area contributed by atoms with Crippen molar-refractivity contribution in [2.75, 3.05) is 0 Å². The highest BCUT2D eigenvalue weighted by atomic mass is 35.5. The van der Waals surface area contributed by atoms with E-state index in [4.69, 9.17) is 11.6 Å². The molecule has 2 aromatic rings. The predicted molar refractivity (Wildman–Crippen MR) is 78.4 cm³/mol. The van der Waals surface area contributed by atoms with E-state index in [1.807, 2.05) is 18.2 Å². The van der Waals surface area contributed by atoms with Crippen molar-refractivity contribution in [1.82, 2.24) is 5.32 Å². The van der Waals surface area contributed by atoms with Crippen LogP contribution in [0.5, 0.6) is 0 Å². The van der Waals surface area contributed by atoms with Gasteiger partial charge >= 0.3 is 0 Å². The van der Waals surface area contributed by atoms with Crippen molar-refractivity contribution >= 4 is 17.5 Å². The van der Waals surface area contributed by atoms with Gasteiger partial charge in [-0.25, -0.2) is 8.78 Å². The van der Waals surface area contributed by atoms with E-state index in [9.17, 15) is 13.6 Å². The standard InChI is InChI=1S/C16H14ClF2NO/c1-10(8-11-4-2-3-5-14(11)17)20-16(21)13-9-12(18)6-7-15(13)19/h2-7,9-10H,8H2,1H3,(H,20,21)/t10-/m0/s1. The van der Waals surface area contributed by atoms with Gasteiger partial charge in [-0.2, -0.15) is 0 Å². The maximum atomic E-state index is 13.5. The first kappa shape index (κ1) is 15.4. The maximum absolute atomic E-state index is 13.5. The summed E-state index contributed by atoms with van der Waals surface area (Å²) in [6.45, 7) is 1.78. The monoisotopic (exact) mass is 309 g/mol. The zero-order chi connectivity index (χ0) is 15.4. The third-order valence-corrected chi connectivity index (χ3v) is 3.40. The summed E-state index contributed by atoms with van der Waals surface area (Å²) in [6, 6.07) is 9.81. The largest absolute Gasteiger partial charge is 0.349 e. The molecule has 0 fully saturated rings. The molecule has 0 bridgehead atoms. The second-order valence-electron chi connectivity index (χ2n) is 4.79. The lowest BCUT2D eigenvalue weighted by atomic mass is 10.1. The van der Waals surface area contributed by atoms with Gasteiger partial charge in [-0.15, -0.1) is 0 Å². The molecule has 0 heterocycles. The van der Waals surface area contributed by atoms with Gasteiger partial charge in [0, 0.05) is 11.1 Å². The normalized spacial score (nSPS) is 12.0. The van der Waals surface area contributed by atoms with Crippen LogP contribution in [0.2, 0.25) is 5.02 Å². The van der Waals surface area contributed by atoms with Crippen LogP contribution in [0, 0.1) is 11.6 Å². The predicted octanol–water partition coefficient (Wildman–Crippen LogP) is 3.98. The van der Waals surface area contributed by atoms with Crippen molar-refractivity contribution in [3.05, 3.63) is 70.2 Å². The van der Waals surface area contributed by atoms with E-state index >= 15 is 0 Å². The van der Waals surface area contributed by atoms with Crippen LogP contribution in [0.3, 0.4) is 0 Å². The molecule has 110 valence electrons. The second-order valence-corrected chi connectivity index (χ2v) is 5.20. The molecule has 2 nitrogen and oxygen atoms in total. The minimum Gasteiger partial charge on any atom is -0.349 e. The lowest BCUT2D eigenvalue weighted by Crippen LogP contribution is -2.34. The van der Waals surface area contributed by atoms with E-state index in [2.05, 4.69) is 5.32 Å².